The molecule has 2 atom stereocenters. The fourth-order valence-electron chi connectivity index (χ4n) is 3.13. The van der Waals surface area contributed by atoms with Gasteiger partial charge in [0, 0.05) is 12.6 Å². The molecule has 1 fully saturated rings. The van der Waals surface area contributed by atoms with Crippen molar-refractivity contribution in [2.24, 2.45) is 5.92 Å². The molecule has 0 aliphatic carbocycles. The summed E-state index contributed by atoms with van der Waals surface area (Å²) in [5, 5.41) is 3.39. The minimum Gasteiger partial charge on any atom is -0.372 e. The van der Waals surface area contributed by atoms with Crippen LogP contribution in [-0.4, -0.2) is 19.2 Å². The van der Waals surface area contributed by atoms with Crippen molar-refractivity contribution in [1.29, 1.82) is 0 Å². The highest BCUT2D eigenvalue weighted by Gasteiger charge is 2.22. The Balaban J connectivity index is 1.52. The second kappa shape index (κ2) is 7.66. The van der Waals surface area contributed by atoms with E-state index in [1.165, 1.54) is 17.7 Å². The number of nitrogens with one attached hydrogen (secondary N) is 1. The number of rotatable bonds is 5. The van der Waals surface area contributed by atoms with E-state index in [9.17, 15) is 8.78 Å². The van der Waals surface area contributed by atoms with Crippen LogP contribution in [-0.2, 0) is 17.8 Å². The third-order valence-corrected chi connectivity index (χ3v) is 4.18. The zero-order valence-electron chi connectivity index (χ0n) is 13.0. The Hall–Kier alpha value is -1.78. The third kappa shape index (κ3) is 4.85. The fraction of sp³-hybridized carbons (Fsp3) is 0.368. The summed E-state index contributed by atoms with van der Waals surface area (Å²) in [7, 11) is 0. The SMILES string of the molecule is Fc1cc(F)cc(COC2CNCC(Cc3ccccc3)C2)c1. The summed E-state index contributed by atoms with van der Waals surface area (Å²) in [4.78, 5) is 0. The van der Waals surface area contributed by atoms with E-state index in [4.69, 9.17) is 4.74 Å². The summed E-state index contributed by atoms with van der Waals surface area (Å²) >= 11 is 0. The van der Waals surface area contributed by atoms with Crippen LogP contribution in [0, 0.1) is 17.6 Å². The van der Waals surface area contributed by atoms with Crippen LogP contribution in [0.4, 0.5) is 8.78 Å². The van der Waals surface area contributed by atoms with E-state index in [2.05, 4.69) is 29.6 Å². The third-order valence-electron chi connectivity index (χ3n) is 4.18. The van der Waals surface area contributed by atoms with Crippen LogP contribution in [0.3, 0.4) is 0 Å². The van der Waals surface area contributed by atoms with Crippen LogP contribution in [0.25, 0.3) is 0 Å². The lowest BCUT2D eigenvalue weighted by atomic mass is 9.91. The summed E-state index contributed by atoms with van der Waals surface area (Å²) in [6, 6.07) is 13.9. The molecule has 1 N–H and O–H groups in total. The molecule has 122 valence electrons. The molecule has 1 aliphatic heterocycles. The highest BCUT2D eigenvalue weighted by Crippen LogP contribution is 2.20. The summed E-state index contributed by atoms with van der Waals surface area (Å²) in [6.45, 7) is 1.99. The predicted octanol–water partition coefficient (Wildman–Crippen LogP) is 3.70. The molecule has 2 nitrogen and oxygen atoms in total. The van der Waals surface area contributed by atoms with E-state index < -0.39 is 11.6 Å². The Morgan fingerprint density at radius 3 is 2.43 bits per heavy atom. The molecule has 1 saturated heterocycles. The molecule has 0 bridgehead atoms. The molecule has 2 aromatic rings. The van der Waals surface area contributed by atoms with Crippen molar-refractivity contribution in [1.82, 2.24) is 5.32 Å². The molecule has 2 aromatic carbocycles. The minimum atomic E-state index is -0.563. The minimum absolute atomic E-state index is 0.0730. The standard InChI is InChI=1S/C19H21F2NO/c20-17-7-16(8-18(21)10-17)13-23-19-9-15(11-22-12-19)6-14-4-2-1-3-5-14/h1-5,7-8,10,15,19,22H,6,9,11-13H2. The lowest BCUT2D eigenvalue weighted by Crippen LogP contribution is -2.41. The van der Waals surface area contributed by atoms with Crippen LogP contribution >= 0.6 is 0 Å². The molecule has 2 unspecified atom stereocenters. The van der Waals surface area contributed by atoms with Crippen LogP contribution in [0.2, 0.25) is 0 Å². The molecule has 0 amide bonds. The summed E-state index contributed by atoms with van der Waals surface area (Å²) in [5.74, 6) is -0.611. The van der Waals surface area contributed by atoms with Gasteiger partial charge in [-0.25, -0.2) is 8.78 Å². The summed E-state index contributed by atoms with van der Waals surface area (Å²) in [6.07, 6.45) is 2.05. The van der Waals surface area contributed by atoms with E-state index in [0.717, 1.165) is 32.0 Å². The van der Waals surface area contributed by atoms with Gasteiger partial charge < -0.3 is 10.1 Å². The summed E-state index contributed by atoms with van der Waals surface area (Å²) in [5.41, 5.74) is 1.86. The van der Waals surface area contributed by atoms with Gasteiger partial charge in [0.15, 0.2) is 0 Å². The van der Waals surface area contributed by atoms with Gasteiger partial charge in [-0.3, -0.25) is 0 Å². The van der Waals surface area contributed by atoms with Gasteiger partial charge in [0.1, 0.15) is 11.6 Å². The Labute approximate surface area is 135 Å². The normalized spacial score (nSPS) is 21.3. The maximum absolute atomic E-state index is 13.2. The monoisotopic (exact) mass is 317 g/mol. The Morgan fingerprint density at radius 1 is 0.957 bits per heavy atom. The Bertz CT molecular complexity index is 612. The number of hydrogen-bond acceptors (Lipinski definition) is 2. The molecule has 23 heavy (non-hydrogen) atoms. The lowest BCUT2D eigenvalue weighted by molar-refractivity contribution is 0.0112. The molecule has 0 aromatic heterocycles. The highest BCUT2D eigenvalue weighted by molar-refractivity contribution is 5.17. The van der Waals surface area contributed by atoms with Gasteiger partial charge in [0.05, 0.1) is 12.7 Å². The molecule has 0 spiro atoms. The molecule has 1 heterocycles. The quantitative estimate of drug-likeness (QED) is 0.908. The van der Waals surface area contributed by atoms with Crippen molar-refractivity contribution in [2.75, 3.05) is 13.1 Å². The van der Waals surface area contributed by atoms with Gasteiger partial charge in [-0.05, 0) is 48.6 Å². The first kappa shape index (κ1) is 16.1. The van der Waals surface area contributed by atoms with Crippen LogP contribution in [0.5, 0.6) is 0 Å². The van der Waals surface area contributed by atoms with E-state index in [-0.39, 0.29) is 12.7 Å². The summed E-state index contributed by atoms with van der Waals surface area (Å²) < 4.78 is 32.2. The second-order valence-electron chi connectivity index (χ2n) is 6.16. The second-order valence-corrected chi connectivity index (χ2v) is 6.16. The number of benzene rings is 2. The van der Waals surface area contributed by atoms with Crippen LogP contribution < -0.4 is 5.32 Å². The van der Waals surface area contributed by atoms with Crippen LogP contribution in [0.15, 0.2) is 48.5 Å². The number of hydrogen-bond donors (Lipinski definition) is 1. The van der Waals surface area contributed by atoms with Crippen LogP contribution in [0.1, 0.15) is 17.5 Å². The zero-order chi connectivity index (χ0) is 16.1. The first-order valence-electron chi connectivity index (χ1n) is 8.00. The topological polar surface area (TPSA) is 21.3 Å². The van der Waals surface area contributed by atoms with E-state index in [0.29, 0.717) is 11.5 Å². The molecule has 0 radical (unpaired) electrons. The van der Waals surface area contributed by atoms with Gasteiger partial charge in [0.2, 0.25) is 0 Å². The maximum atomic E-state index is 13.2. The molecule has 0 saturated carbocycles. The number of halogens is 2. The molecular formula is C19H21F2NO. The average Bonchev–Trinajstić information content (AvgIpc) is 2.53. The molecule has 3 rings (SSSR count). The van der Waals surface area contributed by atoms with Gasteiger partial charge in [-0.15, -0.1) is 0 Å². The van der Waals surface area contributed by atoms with Crippen molar-refractivity contribution in [3.8, 4) is 0 Å². The van der Waals surface area contributed by atoms with Gasteiger partial charge in [-0.1, -0.05) is 30.3 Å². The first-order chi connectivity index (χ1) is 11.2. The average molecular weight is 317 g/mol. The zero-order valence-corrected chi connectivity index (χ0v) is 13.0. The predicted molar refractivity (Wildman–Crippen MR) is 86.1 cm³/mol. The van der Waals surface area contributed by atoms with Gasteiger partial charge in [0.25, 0.3) is 0 Å². The van der Waals surface area contributed by atoms with Crippen molar-refractivity contribution in [2.45, 2.75) is 25.6 Å². The van der Waals surface area contributed by atoms with Crippen molar-refractivity contribution in [3.63, 3.8) is 0 Å². The van der Waals surface area contributed by atoms with Gasteiger partial charge in [-0.2, -0.15) is 0 Å². The van der Waals surface area contributed by atoms with E-state index >= 15 is 0 Å². The Kier molecular flexibility index (Phi) is 5.36. The van der Waals surface area contributed by atoms with Gasteiger partial charge >= 0.3 is 0 Å². The van der Waals surface area contributed by atoms with Crippen molar-refractivity contribution >= 4 is 0 Å². The molecular weight excluding hydrogens is 296 g/mol. The number of ether oxygens (including phenoxy) is 1. The highest BCUT2D eigenvalue weighted by atomic mass is 19.1. The maximum Gasteiger partial charge on any atom is 0.126 e. The lowest BCUT2D eigenvalue weighted by Gasteiger charge is -2.30. The molecule has 1 aliphatic rings. The van der Waals surface area contributed by atoms with Crippen molar-refractivity contribution < 1.29 is 13.5 Å². The van der Waals surface area contributed by atoms with E-state index in [1.54, 1.807) is 0 Å². The number of piperidine rings is 1. The molecule has 4 heteroatoms. The smallest absolute Gasteiger partial charge is 0.126 e. The largest absolute Gasteiger partial charge is 0.372 e. The van der Waals surface area contributed by atoms with Crippen molar-refractivity contribution in [3.05, 3.63) is 71.3 Å². The Morgan fingerprint density at radius 2 is 1.70 bits per heavy atom. The van der Waals surface area contributed by atoms with E-state index in [1.807, 2.05) is 6.07 Å². The first-order valence-corrected chi connectivity index (χ1v) is 8.00. The fourth-order valence-corrected chi connectivity index (χ4v) is 3.13.